The summed E-state index contributed by atoms with van der Waals surface area (Å²) in [7, 11) is 1.06. The van der Waals surface area contributed by atoms with Gasteiger partial charge >= 0.3 is 0 Å². The van der Waals surface area contributed by atoms with E-state index in [2.05, 4.69) is 4.90 Å². The lowest BCUT2D eigenvalue weighted by molar-refractivity contribution is 0.318. The second-order valence-corrected chi connectivity index (χ2v) is 6.73. The smallest absolute Gasteiger partial charge is 0.126 e. The zero-order valence-electron chi connectivity index (χ0n) is 12.6. The molecule has 0 fully saturated rings. The second-order valence-electron chi connectivity index (χ2n) is 5.35. The van der Waals surface area contributed by atoms with Gasteiger partial charge in [0.25, 0.3) is 0 Å². The van der Waals surface area contributed by atoms with Crippen LogP contribution in [0.15, 0.2) is 47.4 Å². The Kier molecular flexibility index (Phi) is 5.26. The van der Waals surface area contributed by atoms with Crippen LogP contribution in [-0.2, 0) is 23.9 Å². The number of rotatable bonds is 5. The molecule has 2 aromatic carbocycles. The number of benzene rings is 2. The van der Waals surface area contributed by atoms with Gasteiger partial charge in [0.05, 0.1) is 0 Å². The maximum Gasteiger partial charge on any atom is 0.126 e. The van der Waals surface area contributed by atoms with Crippen molar-refractivity contribution >= 4 is 10.8 Å². The summed E-state index contributed by atoms with van der Waals surface area (Å²) in [4.78, 5) is 2.96. The number of aryl methyl sites for hydroxylation is 1. The van der Waals surface area contributed by atoms with Crippen LogP contribution in [0.3, 0.4) is 0 Å². The first-order valence-electron chi connectivity index (χ1n) is 6.81. The molecule has 0 saturated carbocycles. The van der Waals surface area contributed by atoms with E-state index in [1.807, 2.05) is 43.4 Å². The Hall–Kier alpha value is -1.52. The lowest BCUT2D eigenvalue weighted by atomic mass is 10.1. The molecule has 2 aromatic rings. The number of nitrogens with zero attached hydrogens (tertiary/aromatic N) is 1. The van der Waals surface area contributed by atoms with Crippen LogP contribution in [-0.4, -0.2) is 22.4 Å². The first-order chi connectivity index (χ1) is 9.95. The largest absolute Gasteiger partial charge is 0.298 e. The topological polar surface area (TPSA) is 20.3 Å². The van der Waals surface area contributed by atoms with Crippen molar-refractivity contribution in [2.75, 3.05) is 13.3 Å². The van der Waals surface area contributed by atoms with Crippen LogP contribution in [0.4, 0.5) is 4.39 Å². The second kappa shape index (κ2) is 6.96. The molecule has 0 bridgehead atoms. The van der Waals surface area contributed by atoms with Crippen molar-refractivity contribution in [2.24, 2.45) is 0 Å². The van der Waals surface area contributed by atoms with Gasteiger partial charge in [-0.15, -0.1) is 0 Å². The van der Waals surface area contributed by atoms with Crippen molar-refractivity contribution in [3.63, 3.8) is 0 Å². The first-order valence-corrected chi connectivity index (χ1v) is 8.37. The molecule has 21 heavy (non-hydrogen) atoms. The van der Waals surface area contributed by atoms with Crippen molar-refractivity contribution in [1.82, 2.24) is 4.90 Å². The summed E-state index contributed by atoms with van der Waals surface area (Å²) in [6.07, 6.45) is 1.67. The molecule has 0 aromatic heterocycles. The van der Waals surface area contributed by atoms with Crippen molar-refractivity contribution in [3.8, 4) is 0 Å². The summed E-state index contributed by atoms with van der Waals surface area (Å²) in [5.74, 6) is -0.157. The Bertz CT molecular complexity index is 640. The molecule has 112 valence electrons. The predicted molar refractivity (Wildman–Crippen MR) is 85.1 cm³/mol. The zero-order chi connectivity index (χ0) is 15.4. The molecule has 0 aliphatic carbocycles. The van der Waals surface area contributed by atoms with Gasteiger partial charge in [-0.05, 0) is 48.9 Å². The number of hydrogen-bond donors (Lipinski definition) is 0. The number of halogens is 1. The molecule has 0 N–H and O–H groups in total. The van der Waals surface area contributed by atoms with Gasteiger partial charge in [-0.25, -0.2) is 4.39 Å². The molecule has 0 amide bonds. The van der Waals surface area contributed by atoms with Gasteiger partial charge in [-0.3, -0.25) is 9.11 Å². The van der Waals surface area contributed by atoms with E-state index in [9.17, 15) is 8.60 Å². The summed E-state index contributed by atoms with van der Waals surface area (Å²) in [5, 5.41) is 0. The maximum absolute atomic E-state index is 13.5. The highest BCUT2D eigenvalue weighted by Crippen LogP contribution is 2.13. The van der Waals surface area contributed by atoms with Crippen LogP contribution in [0.25, 0.3) is 0 Å². The molecule has 0 radical (unpaired) electrons. The van der Waals surface area contributed by atoms with Gasteiger partial charge in [-0.2, -0.15) is 0 Å². The highest BCUT2D eigenvalue weighted by atomic mass is 32.2. The third-order valence-corrected chi connectivity index (χ3v) is 4.33. The minimum atomic E-state index is -0.942. The first kappa shape index (κ1) is 15.9. The minimum Gasteiger partial charge on any atom is -0.298 e. The predicted octanol–water partition coefficient (Wildman–Crippen LogP) is 3.50. The fraction of sp³-hybridized carbons (Fsp3) is 0.294. The summed E-state index contributed by atoms with van der Waals surface area (Å²) >= 11 is 0. The van der Waals surface area contributed by atoms with Crippen LogP contribution < -0.4 is 0 Å². The Balaban J connectivity index is 1.99. The van der Waals surface area contributed by atoms with E-state index in [0.717, 1.165) is 22.6 Å². The quantitative estimate of drug-likeness (QED) is 0.842. The van der Waals surface area contributed by atoms with Crippen molar-refractivity contribution in [1.29, 1.82) is 0 Å². The van der Waals surface area contributed by atoms with E-state index in [1.54, 1.807) is 19.2 Å². The Morgan fingerprint density at radius 2 is 1.62 bits per heavy atom. The molecule has 0 aliphatic rings. The van der Waals surface area contributed by atoms with Gasteiger partial charge in [0.2, 0.25) is 0 Å². The third kappa shape index (κ3) is 4.48. The molecule has 2 nitrogen and oxygen atoms in total. The lowest BCUT2D eigenvalue weighted by Gasteiger charge is -2.17. The Morgan fingerprint density at radius 3 is 2.19 bits per heavy atom. The summed E-state index contributed by atoms with van der Waals surface area (Å²) in [6.45, 7) is 3.23. The van der Waals surface area contributed by atoms with Crippen LogP contribution in [0.1, 0.15) is 16.7 Å². The van der Waals surface area contributed by atoms with E-state index < -0.39 is 10.8 Å². The van der Waals surface area contributed by atoms with E-state index in [4.69, 9.17) is 0 Å². The van der Waals surface area contributed by atoms with Gasteiger partial charge in [-0.1, -0.05) is 24.3 Å². The highest BCUT2D eigenvalue weighted by molar-refractivity contribution is 7.84. The Labute approximate surface area is 128 Å². The van der Waals surface area contributed by atoms with E-state index >= 15 is 0 Å². The minimum absolute atomic E-state index is 0.157. The van der Waals surface area contributed by atoms with Crippen molar-refractivity contribution in [2.45, 2.75) is 24.9 Å². The van der Waals surface area contributed by atoms with Crippen LogP contribution in [0.5, 0.6) is 0 Å². The molecule has 1 atom stereocenters. The average molecular weight is 305 g/mol. The van der Waals surface area contributed by atoms with Crippen LogP contribution in [0, 0.1) is 12.7 Å². The van der Waals surface area contributed by atoms with Gasteiger partial charge in [0, 0.05) is 35.0 Å². The van der Waals surface area contributed by atoms with E-state index in [0.29, 0.717) is 12.1 Å². The fourth-order valence-corrected chi connectivity index (χ4v) is 2.72. The van der Waals surface area contributed by atoms with E-state index in [-0.39, 0.29) is 5.82 Å². The molecule has 2 rings (SSSR count). The summed E-state index contributed by atoms with van der Waals surface area (Å²) < 4.78 is 24.9. The van der Waals surface area contributed by atoms with Gasteiger partial charge < -0.3 is 0 Å². The van der Waals surface area contributed by atoms with Gasteiger partial charge in [0.1, 0.15) is 5.82 Å². The van der Waals surface area contributed by atoms with Gasteiger partial charge in [0.15, 0.2) is 0 Å². The standard InChI is InChI=1S/C17H20FNOS/c1-13-4-5-15(10-17(13)18)12-19(2)11-14-6-8-16(9-7-14)21(3)20/h4-10H,11-12H2,1-3H3/t21-/m1/s1. The molecular formula is C17H20FNOS. The summed E-state index contributed by atoms with van der Waals surface area (Å²) in [6, 6.07) is 13.1. The molecule has 4 heteroatoms. The van der Waals surface area contributed by atoms with Crippen LogP contribution in [0.2, 0.25) is 0 Å². The molecule has 0 aliphatic heterocycles. The van der Waals surface area contributed by atoms with Crippen LogP contribution >= 0.6 is 0 Å². The SMILES string of the molecule is Cc1ccc(CN(C)Cc2ccc([S@@](C)=O)cc2)cc1F. The monoisotopic (exact) mass is 305 g/mol. The normalized spacial score (nSPS) is 12.6. The molecule has 0 spiro atoms. The summed E-state index contributed by atoms with van der Waals surface area (Å²) in [5.41, 5.74) is 2.79. The number of hydrogen-bond acceptors (Lipinski definition) is 2. The molecular weight excluding hydrogens is 285 g/mol. The van der Waals surface area contributed by atoms with E-state index in [1.165, 1.54) is 0 Å². The lowest BCUT2D eigenvalue weighted by Crippen LogP contribution is -2.17. The molecule has 0 saturated heterocycles. The molecule has 0 heterocycles. The van der Waals surface area contributed by atoms with Crippen molar-refractivity contribution < 1.29 is 8.60 Å². The average Bonchev–Trinajstić information content (AvgIpc) is 2.43. The third-order valence-electron chi connectivity index (χ3n) is 3.40. The molecule has 0 unspecified atom stereocenters. The fourth-order valence-electron chi connectivity index (χ4n) is 2.20. The zero-order valence-corrected chi connectivity index (χ0v) is 13.4. The highest BCUT2D eigenvalue weighted by Gasteiger charge is 2.05. The Morgan fingerprint density at radius 1 is 1.05 bits per heavy atom. The maximum atomic E-state index is 13.5. The van der Waals surface area contributed by atoms with Crippen molar-refractivity contribution in [3.05, 3.63) is 65.0 Å².